The van der Waals surface area contributed by atoms with Crippen LogP contribution in [0.1, 0.15) is 16.7 Å². The summed E-state index contributed by atoms with van der Waals surface area (Å²) in [6.45, 7) is 1.62. The van der Waals surface area contributed by atoms with E-state index in [-0.39, 0.29) is 13.2 Å². The summed E-state index contributed by atoms with van der Waals surface area (Å²) < 4.78 is 19.8. The number of nitrogens with zero attached hydrogens (tertiary/aromatic N) is 1. The molecule has 3 aromatic carbocycles. The summed E-state index contributed by atoms with van der Waals surface area (Å²) in [5.41, 5.74) is 2.20. The van der Waals surface area contributed by atoms with Crippen molar-refractivity contribution in [1.82, 2.24) is 0 Å². The lowest BCUT2D eigenvalue weighted by Gasteiger charge is -2.37. The Balaban J connectivity index is 1.64. The van der Waals surface area contributed by atoms with E-state index in [0.717, 1.165) is 16.8 Å². The molecular weight excluding hydrogens is 341 g/mol. The number of anilines is 1. The first-order valence-corrected chi connectivity index (χ1v) is 9.07. The fourth-order valence-electron chi connectivity index (χ4n) is 3.38. The summed E-state index contributed by atoms with van der Waals surface area (Å²) in [5.74, 6) is -0.399. The Morgan fingerprint density at radius 3 is 1.85 bits per heavy atom. The molecule has 0 spiro atoms. The molecule has 1 aliphatic heterocycles. The highest BCUT2D eigenvalue weighted by atomic mass is 19.1. The van der Waals surface area contributed by atoms with E-state index in [1.54, 1.807) is 6.07 Å². The molecule has 0 atom stereocenters. The van der Waals surface area contributed by atoms with Crippen LogP contribution in [0, 0.1) is 5.82 Å². The van der Waals surface area contributed by atoms with Crippen LogP contribution in [-0.4, -0.2) is 18.3 Å². The monoisotopic (exact) mass is 363 g/mol. The van der Waals surface area contributed by atoms with Gasteiger partial charge in [0, 0.05) is 24.3 Å². The Morgan fingerprint density at radius 2 is 1.41 bits per heavy atom. The zero-order valence-electron chi connectivity index (χ0n) is 15.0. The molecule has 0 unspecified atom stereocenters. The van der Waals surface area contributed by atoms with Crippen molar-refractivity contribution in [2.45, 2.75) is 18.7 Å². The standard InChI is InChI=1S/C23H22FNO2/c24-22-13-20(11-12-21(22)23(26)16-27-17-23)25(14-18-7-3-1-4-8-18)15-19-9-5-2-6-10-19/h1-13,26H,14-17H2. The number of halogens is 1. The molecule has 4 rings (SSSR count). The highest BCUT2D eigenvalue weighted by molar-refractivity contribution is 5.50. The number of hydrogen-bond donors (Lipinski definition) is 1. The average Bonchev–Trinajstić information content (AvgIpc) is 2.67. The summed E-state index contributed by atoms with van der Waals surface area (Å²) in [6.07, 6.45) is 0. The van der Waals surface area contributed by atoms with Crippen LogP contribution in [0.3, 0.4) is 0 Å². The molecule has 1 aliphatic rings. The van der Waals surface area contributed by atoms with Gasteiger partial charge in [0.15, 0.2) is 0 Å². The van der Waals surface area contributed by atoms with Crippen LogP contribution in [0.2, 0.25) is 0 Å². The van der Waals surface area contributed by atoms with Gasteiger partial charge in [-0.2, -0.15) is 0 Å². The maximum atomic E-state index is 14.8. The van der Waals surface area contributed by atoms with Crippen molar-refractivity contribution in [3.8, 4) is 0 Å². The van der Waals surface area contributed by atoms with E-state index >= 15 is 0 Å². The predicted octanol–water partition coefficient (Wildman–Crippen LogP) is 4.25. The Hall–Kier alpha value is -2.69. The van der Waals surface area contributed by atoms with Gasteiger partial charge in [-0.25, -0.2) is 4.39 Å². The third-order valence-corrected chi connectivity index (χ3v) is 4.93. The van der Waals surface area contributed by atoms with Gasteiger partial charge in [-0.1, -0.05) is 66.7 Å². The first kappa shape index (κ1) is 17.7. The van der Waals surface area contributed by atoms with Gasteiger partial charge in [-0.3, -0.25) is 0 Å². The summed E-state index contributed by atoms with van der Waals surface area (Å²) in [4.78, 5) is 2.14. The van der Waals surface area contributed by atoms with Crippen molar-refractivity contribution in [1.29, 1.82) is 0 Å². The molecule has 0 aliphatic carbocycles. The summed E-state index contributed by atoms with van der Waals surface area (Å²) >= 11 is 0. The highest BCUT2D eigenvalue weighted by Crippen LogP contribution is 2.33. The molecule has 1 saturated heterocycles. The minimum atomic E-state index is -1.20. The van der Waals surface area contributed by atoms with E-state index in [1.807, 2.05) is 42.5 Å². The van der Waals surface area contributed by atoms with E-state index in [9.17, 15) is 9.50 Å². The number of benzene rings is 3. The molecule has 0 radical (unpaired) electrons. The van der Waals surface area contributed by atoms with Crippen LogP contribution in [0.15, 0.2) is 78.9 Å². The van der Waals surface area contributed by atoms with Crippen LogP contribution in [0.4, 0.5) is 10.1 Å². The Kier molecular flexibility index (Phi) is 4.92. The van der Waals surface area contributed by atoms with Gasteiger partial charge < -0.3 is 14.7 Å². The smallest absolute Gasteiger partial charge is 0.139 e. The first-order valence-electron chi connectivity index (χ1n) is 9.07. The molecule has 0 aromatic heterocycles. The molecule has 1 heterocycles. The Bertz CT molecular complexity index is 853. The number of rotatable bonds is 6. The molecule has 0 saturated carbocycles. The highest BCUT2D eigenvalue weighted by Gasteiger charge is 2.40. The fraction of sp³-hybridized carbons (Fsp3) is 0.217. The molecule has 3 nitrogen and oxygen atoms in total. The van der Waals surface area contributed by atoms with Crippen LogP contribution in [-0.2, 0) is 23.4 Å². The van der Waals surface area contributed by atoms with Crippen molar-refractivity contribution in [2.24, 2.45) is 0 Å². The van der Waals surface area contributed by atoms with Crippen molar-refractivity contribution >= 4 is 5.69 Å². The van der Waals surface area contributed by atoms with Gasteiger partial charge in [-0.15, -0.1) is 0 Å². The quantitative estimate of drug-likeness (QED) is 0.711. The van der Waals surface area contributed by atoms with Crippen molar-refractivity contribution in [3.05, 3.63) is 101 Å². The molecule has 27 heavy (non-hydrogen) atoms. The maximum Gasteiger partial charge on any atom is 0.139 e. The minimum absolute atomic E-state index is 0.140. The van der Waals surface area contributed by atoms with Gasteiger partial charge in [0.1, 0.15) is 11.4 Å². The number of hydrogen-bond acceptors (Lipinski definition) is 3. The van der Waals surface area contributed by atoms with Crippen LogP contribution in [0.25, 0.3) is 0 Å². The third-order valence-electron chi connectivity index (χ3n) is 4.93. The lowest BCUT2D eigenvalue weighted by Crippen LogP contribution is -2.47. The first-order chi connectivity index (χ1) is 13.1. The van der Waals surface area contributed by atoms with Crippen LogP contribution in [0.5, 0.6) is 0 Å². The topological polar surface area (TPSA) is 32.7 Å². The lowest BCUT2D eigenvalue weighted by molar-refractivity contribution is -0.186. The van der Waals surface area contributed by atoms with Crippen LogP contribution >= 0.6 is 0 Å². The second-order valence-electron chi connectivity index (χ2n) is 7.02. The van der Waals surface area contributed by atoms with E-state index in [0.29, 0.717) is 18.7 Å². The van der Waals surface area contributed by atoms with E-state index in [4.69, 9.17) is 4.74 Å². The molecule has 4 heteroatoms. The summed E-state index contributed by atoms with van der Waals surface area (Å²) in [5, 5.41) is 10.4. The second-order valence-corrected chi connectivity index (χ2v) is 7.02. The van der Waals surface area contributed by atoms with E-state index in [1.165, 1.54) is 6.07 Å². The Labute approximate surface area is 158 Å². The average molecular weight is 363 g/mol. The maximum absolute atomic E-state index is 14.8. The Morgan fingerprint density at radius 1 is 0.852 bits per heavy atom. The summed E-state index contributed by atoms with van der Waals surface area (Å²) in [7, 11) is 0. The zero-order valence-corrected chi connectivity index (χ0v) is 15.0. The van der Waals surface area contributed by atoms with Gasteiger partial charge in [0.25, 0.3) is 0 Å². The second kappa shape index (κ2) is 7.51. The van der Waals surface area contributed by atoms with Gasteiger partial charge in [0.05, 0.1) is 13.2 Å². The largest absolute Gasteiger partial charge is 0.380 e. The molecule has 0 bridgehead atoms. The normalized spacial score (nSPS) is 15.2. The van der Waals surface area contributed by atoms with E-state index < -0.39 is 11.4 Å². The van der Waals surface area contributed by atoms with Crippen LogP contribution < -0.4 is 4.90 Å². The third kappa shape index (κ3) is 3.87. The van der Waals surface area contributed by atoms with E-state index in [2.05, 4.69) is 29.2 Å². The molecule has 1 N–H and O–H groups in total. The van der Waals surface area contributed by atoms with Gasteiger partial charge >= 0.3 is 0 Å². The molecular formula is C23H22FNO2. The predicted molar refractivity (Wildman–Crippen MR) is 104 cm³/mol. The van der Waals surface area contributed by atoms with Crippen molar-refractivity contribution in [3.63, 3.8) is 0 Å². The summed E-state index contributed by atoms with van der Waals surface area (Å²) in [6, 6.07) is 25.3. The van der Waals surface area contributed by atoms with Crippen molar-refractivity contribution in [2.75, 3.05) is 18.1 Å². The molecule has 1 fully saturated rings. The SMILES string of the molecule is OC1(c2ccc(N(Cc3ccccc3)Cc3ccccc3)cc2F)COC1. The number of aliphatic hydroxyl groups is 1. The van der Waals surface area contributed by atoms with Crippen molar-refractivity contribution < 1.29 is 14.2 Å². The minimum Gasteiger partial charge on any atom is -0.380 e. The zero-order chi connectivity index (χ0) is 18.7. The molecule has 0 amide bonds. The molecule has 138 valence electrons. The molecule has 3 aromatic rings. The number of ether oxygens (including phenoxy) is 1. The van der Waals surface area contributed by atoms with Gasteiger partial charge in [-0.05, 0) is 23.3 Å². The lowest BCUT2D eigenvalue weighted by atomic mass is 9.91. The van der Waals surface area contributed by atoms with Gasteiger partial charge in [0.2, 0.25) is 0 Å². The fourth-order valence-corrected chi connectivity index (χ4v) is 3.38.